The van der Waals surface area contributed by atoms with Crippen molar-refractivity contribution in [2.75, 3.05) is 5.32 Å². The summed E-state index contributed by atoms with van der Waals surface area (Å²) >= 11 is 8.45. The summed E-state index contributed by atoms with van der Waals surface area (Å²) in [6.45, 7) is 0. The summed E-state index contributed by atoms with van der Waals surface area (Å²) in [4.78, 5) is 0. The third-order valence-electron chi connectivity index (χ3n) is 2.33. The second-order valence-electron chi connectivity index (χ2n) is 3.89. The van der Waals surface area contributed by atoms with Crippen LogP contribution in [-0.2, 0) is 0 Å². The first-order valence-electron chi connectivity index (χ1n) is 5.75. The smallest absolute Gasteiger partial charge is 0.191 e. The third kappa shape index (κ3) is 4.71. The number of hydrogen-bond acceptors (Lipinski definition) is 2. The van der Waals surface area contributed by atoms with Crippen molar-refractivity contribution < 1.29 is 4.39 Å². The molecule has 0 aliphatic carbocycles. The zero-order valence-electron chi connectivity index (χ0n) is 10.3. The monoisotopic (exact) mass is 351 g/mol. The Hall–Kier alpha value is -1.79. The van der Waals surface area contributed by atoms with Gasteiger partial charge < -0.3 is 5.32 Å². The molecule has 3 nitrogen and oxygen atoms in total. The van der Waals surface area contributed by atoms with Gasteiger partial charge in [0.05, 0.1) is 6.21 Å². The molecule has 102 valence electrons. The van der Waals surface area contributed by atoms with Gasteiger partial charge in [-0.1, -0.05) is 28.1 Å². The molecule has 0 bridgehead atoms. The first-order valence-corrected chi connectivity index (χ1v) is 6.95. The average Bonchev–Trinajstić information content (AvgIpc) is 2.41. The summed E-state index contributed by atoms with van der Waals surface area (Å²) in [5, 5.41) is 7.26. The van der Waals surface area contributed by atoms with E-state index in [9.17, 15) is 4.39 Å². The van der Waals surface area contributed by atoms with Crippen LogP contribution in [0.2, 0.25) is 0 Å². The van der Waals surface area contributed by atoms with Gasteiger partial charge in [-0.3, -0.25) is 5.43 Å². The molecule has 0 amide bonds. The van der Waals surface area contributed by atoms with E-state index in [0.29, 0.717) is 10.8 Å². The minimum atomic E-state index is -0.290. The fourth-order valence-corrected chi connectivity index (χ4v) is 2.03. The molecule has 2 rings (SSSR count). The van der Waals surface area contributed by atoms with Crippen LogP contribution in [0.5, 0.6) is 0 Å². The van der Waals surface area contributed by atoms with E-state index in [2.05, 4.69) is 31.8 Å². The molecule has 2 aromatic rings. The van der Waals surface area contributed by atoms with Crippen molar-refractivity contribution in [3.63, 3.8) is 0 Å². The Morgan fingerprint density at radius 3 is 2.65 bits per heavy atom. The maximum absolute atomic E-state index is 12.7. The lowest BCUT2D eigenvalue weighted by Gasteiger charge is -2.06. The second-order valence-corrected chi connectivity index (χ2v) is 5.21. The number of hydrazone groups is 1. The summed E-state index contributed by atoms with van der Waals surface area (Å²) in [6, 6.07) is 13.6. The number of thiocarbonyl (C=S) groups is 1. The fraction of sp³-hybridized carbons (Fsp3) is 0. The van der Waals surface area contributed by atoms with Crippen LogP contribution in [0, 0.1) is 5.82 Å². The topological polar surface area (TPSA) is 36.4 Å². The summed E-state index contributed by atoms with van der Waals surface area (Å²) in [5.41, 5.74) is 4.33. The van der Waals surface area contributed by atoms with Crippen LogP contribution in [0.1, 0.15) is 5.56 Å². The van der Waals surface area contributed by atoms with Gasteiger partial charge in [0.1, 0.15) is 5.82 Å². The maximum Gasteiger partial charge on any atom is 0.191 e. The highest BCUT2D eigenvalue weighted by Crippen LogP contribution is 2.10. The Bertz CT molecular complexity index is 629. The molecule has 0 unspecified atom stereocenters. The van der Waals surface area contributed by atoms with Crippen LogP contribution in [0.3, 0.4) is 0 Å². The maximum atomic E-state index is 12.7. The zero-order chi connectivity index (χ0) is 14.4. The normalized spacial score (nSPS) is 10.5. The van der Waals surface area contributed by atoms with E-state index in [4.69, 9.17) is 12.2 Å². The van der Waals surface area contributed by atoms with Crippen molar-refractivity contribution in [1.82, 2.24) is 5.43 Å². The minimum Gasteiger partial charge on any atom is -0.331 e. The van der Waals surface area contributed by atoms with Gasteiger partial charge in [-0.05, 0) is 54.2 Å². The first kappa shape index (κ1) is 14.6. The second kappa shape index (κ2) is 7.12. The lowest BCUT2D eigenvalue weighted by Crippen LogP contribution is -2.23. The summed E-state index contributed by atoms with van der Waals surface area (Å²) < 4.78 is 13.7. The highest BCUT2D eigenvalue weighted by molar-refractivity contribution is 9.10. The predicted molar refractivity (Wildman–Crippen MR) is 87.5 cm³/mol. The molecule has 0 saturated heterocycles. The van der Waals surface area contributed by atoms with E-state index in [1.54, 1.807) is 18.3 Å². The molecule has 6 heteroatoms. The van der Waals surface area contributed by atoms with Crippen LogP contribution in [0.4, 0.5) is 10.1 Å². The summed E-state index contributed by atoms with van der Waals surface area (Å²) in [6.07, 6.45) is 1.66. The van der Waals surface area contributed by atoms with Gasteiger partial charge in [0.15, 0.2) is 5.11 Å². The molecular weight excluding hydrogens is 341 g/mol. The van der Waals surface area contributed by atoms with E-state index >= 15 is 0 Å². The van der Waals surface area contributed by atoms with Crippen LogP contribution in [0.25, 0.3) is 0 Å². The molecule has 0 fully saturated rings. The molecular formula is C14H11BrFN3S. The molecule has 0 aliphatic rings. The van der Waals surface area contributed by atoms with E-state index in [1.807, 2.05) is 24.3 Å². The largest absolute Gasteiger partial charge is 0.331 e. The zero-order valence-corrected chi connectivity index (χ0v) is 12.7. The Morgan fingerprint density at radius 1 is 1.20 bits per heavy atom. The van der Waals surface area contributed by atoms with Gasteiger partial charge in [-0.2, -0.15) is 5.10 Å². The summed E-state index contributed by atoms with van der Waals surface area (Å²) in [5.74, 6) is -0.290. The van der Waals surface area contributed by atoms with E-state index < -0.39 is 0 Å². The first-order chi connectivity index (χ1) is 9.63. The number of benzene rings is 2. The van der Waals surface area contributed by atoms with Crippen LogP contribution in [0.15, 0.2) is 58.1 Å². The third-order valence-corrected chi connectivity index (χ3v) is 3.02. The van der Waals surface area contributed by atoms with Gasteiger partial charge >= 0.3 is 0 Å². The molecule has 0 radical (unpaired) electrons. The van der Waals surface area contributed by atoms with E-state index in [0.717, 1.165) is 10.0 Å². The Balaban J connectivity index is 1.87. The van der Waals surface area contributed by atoms with Crippen molar-refractivity contribution in [2.24, 2.45) is 5.10 Å². The van der Waals surface area contributed by atoms with Crippen molar-refractivity contribution in [1.29, 1.82) is 0 Å². The molecule has 0 heterocycles. The molecule has 0 aliphatic heterocycles. The Kier molecular flexibility index (Phi) is 5.20. The number of halogens is 2. The van der Waals surface area contributed by atoms with E-state index in [-0.39, 0.29) is 5.82 Å². The minimum absolute atomic E-state index is 0.290. The summed E-state index contributed by atoms with van der Waals surface area (Å²) in [7, 11) is 0. The van der Waals surface area contributed by atoms with E-state index in [1.165, 1.54) is 12.1 Å². The van der Waals surface area contributed by atoms with Gasteiger partial charge in [0.2, 0.25) is 0 Å². The number of nitrogens with one attached hydrogen (secondary N) is 2. The molecule has 20 heavy (non-hydrogen) atoms. The molecule has 0 aromatic heterocycles. The van der Waals surface area contributed by atoms with Crippen molar-refractivity contribution in [3.05, 3.63) is 64.4 Å². The molecule has 0 atom stereocenters. The Morgan fingerprint density at radius 2 is 1.95 bits per heavy atom. The number of anilines is 1. The van der Waals surface area contributed by atoms with Crippen LogP contribution >= 0.6 is 28.1 Å². The van der Waals surface area contributed by atoms with Gasteiger partial charge in [0.25, 0.3) is 0 Å². The fourth-order valence-electron chi connectivity index (χ4n) is 1.44. The highest BCUT2D eigenvalue weighted by atomic mass is 79.9. The number of rotatable bonds is 3. The molecule has 2 N–H and O–H groups in total. The van der Waals surface area contributed by atoms with Crippen molar-refractivity contribution in [2.45, 2.75) is 0 Å². The lowest BCUT2D eigenvalue weighted by atomic mass is 10.2. The van der Waals surface area contributed by atoms with Crippen LogP contribution in [-0.4, -0.2) is 11.3 Å². The average molecular weight is 352 g/mol. The quantitative estimate of drug-likeness (QED) is 0.500. The van der Waals surface area contributed by atoms with Gasteiger partial charge in [-0.25, -0.2) is 4.39 Å². The predicted octanol–water partition coefficient (Wildman–Crippen LogP) is 3.91. The molecule has 0 saturated carbocycles. The van der Waals surface area contributed by atoms with Crippen molar-refractivity contribution >= 4 is 45.2 Å². The van der Waals surface area contributed by atoms with Gasteiger partial charge in [0, 0.05) is 10.2 Å². The SMILES string of the molecule is Fc1ccc(NC(=S)NN=Cc2cccc(Br)c2)cc1. The van der Waals surface area contributed by atoms with Crippen LogP contribution < -0.4 is 10.7 Å². The highest BCUT2D eigenvalue weighted by Gasteiger charge is 1.96. The van der Waals surface area contributed by atoms with Gasteiger partial charge in [-0.15, -0.1) is 0 Å². The molecule has 2 aromatic carbocycles. The Labute approximate surface area is 130 Å². The molecule has 0 spiro atoms. The number of nitrogens with zero attached hydrogens (tertiary/aromatic N) is 1. The standard InChI is InChI=1S/C14H11BrFN3S/c15-11-3-1-2-10(8-11)9-17-19-14(20)18-13-6-4-12(16)5-7-13/h1-9H,(H2,18,19,20). The van der Waals surface area contributed by atoms with Crippen molar-refractivity contribution in [3.8, 4) is 0 Å². The number of hydrogen-bond donors (Lipinski definition) is 2. The lowest BCUT2D eigenvalue weighted by molar-refractivity contribution is 0.628.